The standard InChI is InChI=1S/C11H15BrFNO2/c1-15-10(16-2)7-14-6-8-4-3-5-9(12)11(8)13/h3-5,10,14H,6-7H2,1-2H3. The van der Waals surface area contributed by atoms with Crippen LogP contribution in [0.1, 0.15) is 5.56 Å². The molecule has 90 valence electrons. The van der Waals surface area contributed by atoms with E-state index in [1.165, 1.54) is 0 Å². The van der Waals surface area contributed by atoms with Crippen molar-refractivity contribution < 1.29 is 13.9 Å². The molecule has 1 N–H and O–H groups in total. The lowest BCUT2D eigenvalue weighted by Crippen LogP contribution is -2.29. The number of rotatable bonds is 6. The number of methoxy groups -OCH3 is 2. The molecule has 0 radical (unpaired) electrons. The Morgan fingerprint density at radius 2 is 2.06 bits per heavy atom. The summed E-state index contributed by atoms with van der Waals surface area (Å²) in [4.78, 5) is 0. The molecule has 0 saturated heterocycles. The van der Waals surface area contributed by atoms with E-state index >= 15 is 0 Å². The van der Waals surface area contributed by atoms with Gasteiger partial charge in [-0.3, -0.25) is 0 Å². The Morgan fingerprint density at radius 1 is 1.38 bits per heavy atom. The second-order valence-electron chi connectivity index (χ2n) is 3.24. The van der Waals surface area contributed by atoms with Gasteiger partial charge >= 0.3 is 0 Å². The first-order chi connectivity index (χ1) is 7.69. The van der Waals surface area contributed by atoms with Crippen molar-refractivity contribution in [1.29, 1.82) is 0 Å². The normalized spacial score (nSPS) is 11.1. The number of ether oxygens (including phenoxy) is 2. The predicted octanol–water partition coefficient (Wildman–Crippen LogP) is 2.30. The van der Waals surface area contributed by atoms with Crippen molar-refractivity contribution in [3.05, 3.63) is 34.1 Å². The molecule has 0 aromatic heterocycles. The van der Waals surface area contributed by atoms with E-state index in [1.54, 1.807) is 32.4 Å². The highest BCUT2D eigenvalue weighted by molar-refractivity contribution is 9.10. The molecule has 0 saturated carbocycles. The largest absolute Gasteiger partial charge is 0.355 e. The van der Waals surface area contributed by atoms with Gasteiger partial charge in [0, 0.05) is 32.9 Å². The predicted molar refractivity (Wildman–Crippen MR) is 63.6 cm³/mol. The van der Waals surface area contributed by atoms with E-state index in [1.807, 2.05) is 0 Å². The monoisotopic (exact) mass is 291 g/mol. The molecule has 3 nitrogen and oxygen atoms in total. The van der Waals surface area contributed by atoms with E-state index < -0.39 is 0 Å². The van der Waals surface area contributed by atoms with E-state index in [0.717, 1.165) is 0 Å². The number of hydrogen-bond donors (Lipinski definition) is 1. The van der Waals surface area contributed by atoms with Crippen molar-refractivity contribution in [1.82, 2.24) is 5.32 Å². The molecular formula is C11H15BrFNO2. The van der Waals surface area contributed by atoms with Crippen LogP contribution in [0.15, 0.2) is 22.7 Å². The van der Waals surface area contributed by atoms with Crippen molar-refractivity contribution in [3.8, 4) is 0 Å². The highest BCUT2D eigenvalue weighted by atomic mass is 79.9. The smallest absolute Gasteiger partial charge is 0.169 e. The van der Waals surface area contributed by atoms with Gasteiger partial charge < -0.3 is 14.8 Å². The van der Waals surface area contributed by atoms with Crippen molar-refractivity contribution >= 4 is 15.9 Å². The molecule has 0 amide bonds. The Labute approximate surface area is 103 Å². The number of nitrogens with one attached hydrogen (secondary N) is 1. The Bertz CT molecular complexity index is 332. The molecule has 0 fully saturated rings. The van der Waals surface area contributed by atoms with Gasteiger partial charge in [-0.15, -0.1) is 0 Å². The molecule has 0 heterocycles. The number of halogens is 2. The summed E-state index contributed by atoms with van der Waals surface area (Å²) in [5.41, 5.74) is 0.611. The first-order valence-corrected chi connectivity index (χ1v) is 5.67. The molecule has 0 aliphatic rings. The van der Waals surface area contributed by atoms with Crippen LogP contribution >= 0.6 is 15.9 Å². The Kier molecular flexibility index (Phi) is 5.90. The topological polar surface area (TPSA) is 30.5 Å². The van der Waals surface area contributed by atoms with Crippen LogP contribution in [0, 0.1) is 5.82 Å². The van der Waals surface area contributed by atoms with Gasteiger partial charge in [0.2, 0.25) is 0 Å². The van der Waals surface area contributed by atoms with Crippen LogP contribution in [0.2, 0.25) is 0 Å². The lowest BCUT2D eigenvalue weighted by atomic mass is 10.2. The SMILES string of the molecule is COC(CNCc1cccc(Br)c1F)OC. The van der Waals surface area contributed by atoms with Gasteiger partial charge in [-0.25, -0.2) is 4.39 Å². The Balaban J connectivity index is 2.46. The minimum Gasteiger partial charge on any atom is -0.355 e. The average Bonchev–Trinajstić information content (AvgIpc) is 2.30. The lowest BCUT2D eigenvalue weighted by molar-refractivity contribution is -0.0989. The van der Waals surface area contributed by atoms with Gasteiger partial charge in [0.15, 0.2) is 6.29 Å². The fraction of sp³-hybridized carbons (Fsp3) is 0.455. The lowest BCUT2D eigenvalue weighted by Gasteiger charge is -2.14. The summed E-state index contributed by atoms with van der Waals surface area (Å²) < 4.78 is 24.0. The third kappa shape index (κ3) is 3.83. The average molecular weight is 292 g/mol. The van der Waals surface area contributed by atoms with E-state index in [9.17, 15) is 4.39 Å². The number of benzene rings is 1. The fourth-order valence-electron chi connectivity index (χ4n) is 1.27. The highest BCUT2D eigenvalue weighted by Crippen LogP contribution is 2.18. The molecule has 0 aliphatic heterocycles. The second-order valence-corrected chi connectivity index (χ2v) is 4.10. The van der Waals surface area contributed by atoms with Crippen LogP contribution in [0.25, 0.3) is 0 Å². The molecule has 1 rings (SSSR count). The van der Waals surface area contributed by atoms with Gasteiger partial charge in [0.1, 0.15) is 5.82 Å². The number of hydrogen-bond acceptors (Lipinski definition) is 3. The molecule has 1 aromatic carbocycles. The van der Waals surface area contributed by atoms with Crippen molar-refractivity contribution in [2.75, 3.05) is 20.8 Å². The van der Waals surface area contributed by atoms with Crippen LogP contribution in [0.4, 0.5) is 4.39 Å². The molecule has 5 heteroatoms. The summed E-state index contributed by atoms with van der Waals surface area (Å²) >= 11 is 3.14. The van der Waals surface area contributed by atoms with Gasteiger partial charge in [-0.1, -0.05) is 12.1 Å². The van der Waals surface area contributed by atoms with Crippen molar-refractivity contribution in [3.63, 3.8) is 0 Å². The Morgan fingerprint density at radius 3 is 2.69 bits per heavy atom. The van der Waals surface area contributed by atoms with E-state index in [-0.39, 0.29) is 12.1 Å². The quantitative estimate of drug-likeness (QED) is 0.816. The minimum absolute atomic E-state index is 0.235. The fourth-order valence-corrected chi connectivity index (χ4v) is 1.68. The summed E-state index contributed by atoms with van der Waals surface area (Å²) in [5.74, 6) is -0.235. The summed E-state index contributed by atoms with van der Waals surface area (Å²) in [5, 5.41) is 3.06. The summed E-state index contributed by atoms with van der Waals surface area (Å²) in [6.07, 6.45) is -0.310. The van der Waals surface area contributed by atoms with Gasteiger partial charge in [0.25, 0.3) is 0 Å². The highest BCUT2D eigenvalue weighted by Gasteiger charge is 2.07. The van der Waals surface area contributed by atoms with Crippen LogP contribution in [-0.4, -0.2) is 27.1 Å². The molecular weight excluding hydrogens is 277 g/mol. The molecule has 0 aliphatic carbocycles. The van der Waals surface area contributed by atoms with Gasteiger partial charge in [-0.05, 0) is 22.0 Å². The van der Waals surface area contributed by atoms with E-state index in [2.05, 4.69) is 21.2 Å². The molecule has 1 aromatic rings. The summed E-state index contributed by atoms with van der Waals surface area (Å²) in [6.45, 7) is 0.952. The zero-order valence-corrected chi connectivity index (χ0v) is 10.9. The summed E-state index contributed by atoms with van der Waals surface area (Å²) in [7, 11) is 3.13. The zero-order chi connectivity index (χ0) is 12.0. The van der Waals surface area contributed by atoms with Crippen molar-refractivity contribution in [2.45, 2.75) is 12.8 Å². The first-order valence-electron chi connectivity index (χ1n) is 4.88. The third-order valence-corrected chi connectivity index (χ3v) is 2.80. The maximum Gasteiger partial charge on any atom is 0.169 e. The van der Waals surface area contributed by atoms with Crippen LogP contribution in [-0.2, 0) is 16.0 Å². The zero-order valence-electron chi connectivity index (χ0n) is 9.30. The second kappa shape index (κ2) is 6.96. The molecule has 0 bridgehead atoms. The molecule has 0 spiro atoms. The molecule has 16 heavy (non-hydrogen) atoms. The maximum atomic E-state index is 13.5. The van der Waals surface area contributed by atoms with Crippen LogP contribution in [0.3, 0.4) is 0 Å². The van der Waals surface area contributed by atoms with Crippen LogP contribution in [0.5, 0.6) is 0 Å². The van der Waals surface area contributed by atoms with E-state index in [0.29, 0.717) is 23.1 Å². The minimum atomic E-state index is -0.310. The van der Waals surface area contributed by atoms with Gasteiger partial charge in [-0.2, -0.15) is 0 Å². The summed E-state index contributed by atoms with van der Waals surface area (Å²) in [6, 6.07) is 5.21. The third-order valence-electron chi connectivity index (χ3n) is 2.18. The molecule has 0 unspecified atom stereocenters. The first kappa shape index (κ1) is 13.6. The van der Waals surface area contributed by atoms with Crippen LogP contribution < -0.4 is 5.32 Å². The van der Waals surface area contributed by atoms with E-state index in [4.69, 9.17) is 9.47 Å². The Hall–Kier alpha value is -0.490. The van der Waals surface area contributed by atoms with Crippen molar-refractivity contribution in [2.24, 2.45) is 0 Å². The maximum absolute atomic E-state index is 13.5. The molecule has 0 atom stereocenters. The van der Waals surface area contributed by atoms with Gasteiger partial charge in [0.05, 0.1) is 4.47 Å².